The molecule has 0 radical (unpaired) electrons. The van der Waals surface area contributed by atoms with Gasteiger partial charge < -0.3 is 16.4 Å². The fourth-order valence-electron chi connectivity index (χ4n) is 3.25. The van der Waals surface area contributed by atoms with E-state index in [1.54, 1.807) is 6.20 Å². The summed E-state index contributed by atoms with van der Waals surface area (Å²) < 4.78 is 1.84. The van der Waals surface area contributed by atoms with Gasteiger partial charge in [-0.2, -0.15) is 5.10 Å². The minimum Gasteiger partial charge on any atom is -0.369 e. The lowest BCUT2D eigenvalue weighted by atomic mass is 10.0. The number of amides is 1. The average molecular weight is 327 g/mol. The number of aromatic nitrogens is 2. The summed E-state index contributed by atoms with van der Waals surface area (Å²) in [6.45, 7) is 4.71. The minimum atomic E-state index is -0.438. The molecule has 0 saturated carbocycles. The molecule has 4 N–H and O–H groups in total. The zero-order valence-corrected chi connectivity index (χ0v) is 14.0. The summed E-state index contributed by atoms with van der Waals surface area (Å²) in [5.74, 6) is 0.723. The number of nitrogens with zero attached hydrogens (tertiary/aromatic N) is 2. The molecule has 0 spiro atoms. The van der Waals surface area contributed by atoms with Crippen LogP contribution in [0, 0.1) is 5.92 Å². The summed E-state index contributed by atoms with van der Waals surface area (Å²) in [5.41, 5.74) is 7.17. The maximum absolute atomic E-state index is 11.4. The molecule has 1 aromatic carbocycles. The Kier molecular flexibility index (Phi) is 5.15. The zero-order chi connectivity index (χ0) is 16.9. The number of primary amides is 1. The molecular weight excluding hydrogens is 302 g/mol. The fraction of sp³-hybridized carbons (Fsp3) is 0.444. The van der Waals surface area contributed by atoms with E-state index in [1.165, 1.54) is 5.56 Å². The Labute approximate surface area is 142 Å². The Morgan fingerprint density at radius 3 is 2.96 bits per heavy atom. The molecule has 0 fully saturated rings. The Morgan fingerprint density at radius 2 is 2.25 bits per heavy atom. The lowest BCUT2D eigenvalue weighted by Gasteiger charge is -2.28. The minimum absolute atomic E-state index is 0.372. The van der Waals surface area contributed by atoms with E-state index in [9.17, 15) is 4.79 Å². The van der Waals surface area contributed by atoms with E-state index < -0.39 is 5.91 Å². The van der Waals surface area contributed by atoms with Crippen LogP contribution < -0.4 is 16.4 Å². The van der Waals surface area contributed by atoms with Crippen molar-refractivity contribution < 1.29 is 4.79 Å². The van der Waals surface area contributed by atoms with Gasteiger partial charge in [-0.15, -0.1) is 0 Å². The molecule has 1 amide bonds. The van der Waals surface area contributed by atoms with Crippen LogP contribution in [0.25, 0.3) is 0 Å². The Hall–Kier alpha value is -2.34. The highest BCUT2D eigenvalue weighted by Gasteiger charge is 2.24. The van der Waals surface area contributed by atoms with Gasteiger partial charge in [-0.25, -0.2) is 4.68 Å². The van der Waals surface area contributed by atoms with Crippen LogP contribution in [0.4, 0.5) is 5.82 Å². The Bertz CT molecular complexity index is 682. The van der Waals surface area contributed by atoms with Crippen molar-refractivity contribution in [3.8, 4) is 0 Å². The van der Waals surface area contributed by atoms with Gasteiger partial charge in [0.1, 0.15) is 11.4 Å². The molecule has 0 unspecified atom stereocenters. The van der Waals surface area contributed by atoms with Crippen LogP contribution in [0.5, 0.6) is 0 Å². The quantitative estimate of drug-likeness (QED) is 0.727. The summed E-state index contributed by atoms with van der Waals surface area (Å²) in [6.07, 6.45) is 3.80. The van der Waals surface area contributed by atoms with E-state index in [2.05, 4.69) is 46.9 Å². The molecule has 0 bridgehead atoms. The standard InChI is InChI=1S/C18H25N5O/c1-2-6-16(14-7-4-3-5-8-14)20-9-13-10-21-18-15(17(19)24)11-22-23(18)12-13/h3-5,7-8,11,13,16,20-21H,2,6,9-10,12H2,1H3,(H2,19,24)/t13-,16+/m0/s1. The highest BCUT2D eigenvalue weighted by molar-refractivity contribution is 5.97. The molecule has 1 aliphatic rings. The molecule has 0 saturated heterocycles. The number of nitrogens with two attached hydrogens (primary N) is 1. The van der Waals surface area contributed by atoms with E-state index >= 15 is 0 Å². The van der Waals surface area contributed by atoms with Crippen LogP contribution in [0.3, 0.4) is 0 Å². The van der Waals surface area contributed by atoms with Gasteiger partial charge in [-0.1, -0.05) is 43.7 Å². The van der Waals surface area contributed by atoms with Crippen molar-refractivity contribution in [2.75, 3.05) is 18.4 Å². The van der Waals surface area contributed by atoms with E-state index in [0.29, 0.717) is 17.5 Å². The lowest BCUT2D eigenvalue weighted by molar-refractivity contribution is 0.100. The van der Waals surface area contributed by atoms with Crippen molar-refractivity contribution in [2.24, 2.45) is 11.7 Å². The number of hydrogen-bond donors (Lipinski definition) is 3. The van der Waals surface area contributed by atoms with E-state index in [4.69, 9.17) is 5.73 Å². The summed E-state index contributed by atoms with van der Waals surface area (Å²) >= 11 is 0. The normalized spacial score (nSPS) is 17.8. The lowest BCUT2D eigenvalue weighted by Crippen LogP contribution is -2.37. The Balaban J connectivity index is 1.61. The number of nitrogens with one attached hydrogen (secondary N) is 2. The number of carbonyl (C=O) groups is 1. The van der Waals surface area contributed by atoms with Crippen molar-refractivity contribution in [3.05, 3.63) is 47.7 Å². The SMILES string of the molecule is CCC[C@@H](NC[C@H]1CNc2c(C(N)=O)cnn2C1)c1ccccc1. The number of anilines is 1. The molecule has 128 valence electrons. The smallest absolute Gasteiger partial charge is 0.254 e. The van der Waals surface area contributed by atoms with Gasteiger partial charge in [0.25, 0.3) is 5.91 Å². The second kappa shape index (κ2) is 7.49. The van der Waals surface area contributed by atoms with Crippen LogP contribution in [0.15, 0.2) is 36.5 Å². The van der Waals surface area contributed by atoms with Gasteiger partial charge in [-0.05, 0) is 12.0 Å². The highest BCUT2D eigenvalue weighted by Crippen LogP contribution is 2.23. The summed E-state index contributed by atoms with van der Waals surface area (Å²) in [7, 11) is 0. The third kappa shape index (κ3) is 3.59. The monoisotopic (exact) mass is 327 g/mol. The first-order chi connectivity index (χ1) is 11.7. The molecular formula is C18H25N5O. The van der Waals surface area contributed by atoms with Crippen LogP contribution >= 0.6 is 0 Å². The maximum atomic E-state index is 11.4. The topological polar surface area (TPSA) is 85.0 Å². The van der Waals surface area contributed by atoms with Gasteiger partial charge in [0, 0.05) is 31.6 Å². The fourth-order valence-corrected chi connectivity index (χ4v) is 3.25. The number of benzene rings is 1. The maximum Gasteiger partial charge on any atom is 0.254 e. The van der Waals surface area contributed by atoms with Crippen molar-refractivity contribution in [1.29, 1.82) is 0 Å². The first kappa shape index (κ1) is 16.5. The van der Waals surface area contributed by atoms with Gasteiger partial charge in [0.05, 0.1) is 6.20 Å². The first-order valence-electron chi connectivity index (χ1n) is 8.56. The molecule has 2 atom stereocenters. The second-order valence-corrected chi connectivity index (χ2v) is 6.36. The van der Waals surface area contributed by atoms with Crippen molar-refractivity contribution in [1.82, 2.24) is 15.1 Å². The summed E-state index contributed by atoms with van der Waals surface area (Å²) in [5, 5.41) is 11.3. The number of fused-ring (bicyclic) bond motifs is 1. The number of rotatable bonds is 7. The summed E-state index contributed by atoms with van der Waals surface area (Å²) in [6, 6.07) is 10.9. The molecule has 2 heterocycles. The van der Waals surface area contributed by atoms with Crippen LogP contribution in [-0.2, 0) is 6.54 Å². The molecule has 6 heteroatoms. The van der Waals surface area contributed by atoms with Crippen molar-refractivity contribution in [3.63, 3.8) is 0 Å². The largest absolute Gasteiger partial charge is 0.369 e. The van der Waals surface area contributed by atoms with Crippen LogP contribution in [0.1, 0.15) is 41.7 Å². The predicted molar refractivity (Wildman–Crippen MR) is 94.8 cm³/mol. The van der Waals surface area contributed by atoms with E-state index in [1.807, 2.05) is 10.7 Å². The van der Waals surface area contributed by atoms with E-state index in [-0.39, 0.29) is 0 Å². The van der Waals surface area contributed by atoms with Crippen LogP contribution in [0.2, 0.25) is 0 Å². The molecule has 2 aromatic rings. The molecule has 1 aliphatic heterocycles. The van der Waals surface area contributed by atoms with Gasteiger partial charge in [0.15, 0.2) is 0 Å². The predicted octanol–water partition coefficient (Wildman–Crippen LogP) is 2.15. The van der Waals surface area contributed by atoms with E-state index in [0.717, 1.165) is 38.3 Å². The van der Waals surface area contributed by atoms with Crippen LogP contribution in [-0.4, -0.2) is 28.8 Å². The Morgan fingerprint density at radius 1 is 1.46 bits per heavy atom. The number of hydrogen-bond acceptors (Lipinski definition) is 4. The molecule has 6 nitrogen and oxygen atoms in total. The van der Waals surface area contributed by atoms with Crippen molar-refractivity contribution >= 4 is 11.7 Å². The van der Waals surface area contributed by atoms with Crippen molar-refractivity contribution in [2.45, 2.75) is 32.4 Å². The molecule has 24 heavy (non-hydrogen) atoms. The zero-order valence-electron chi connectivity index (χ0n) is 14.0. The summed E-state index contributed by atoms with van der Waals surface area (Å²) in [4.78, 5) is 11.4. The second-order valence-electron chi connectivity index (χ2n) is 6.36. The molecule has 0 aliphatic carbocycles. The number of carbonyl (C=O) groups excluding carboxylic acids is 1. The third-order valence-electron chi connectivity index (χ3n) is 4.53. The third-order valence-corrected chi connectivity index (χ3v) is 4.53. The molecule has 1 aromatic heterocycles. The van der Waals surface area contributed by atoms with Gasteiger partial charge in [0.2, 0.25) is 0 Å². The van der Waals surface area contributed by atoms with Gasteiger partial charge >= 0.3 is 0 Å². The first-order valence-corrected chi connectivity index (χ1v) is 8.56. The average Bonchev–Trinajstić information content (AvgIpc) is 3.03. The van der Waals surface area contributed by atoms with Gasteiger partial charge in [-0.3, -0.25) is 4.79 Å². The molecule has 3 rings (SSSR count). The highest BCUT2D eigenvalue weighted by atomic mass is 16.1.